The van der Waals surface area contributed by atoms with E-state index in [1.807, 2.05) is 0 Å². The minimum absolute atomic E-state index is 0.225. The summed E-state index contributed by atoms with van der Waals surface area (Å²) in [5.74, 6) is 0.299. The first-order chi connectivity index (χ1) is 21.3. The number of aromatic nitrogens is 5. The van der Waals surface area contributed by atoms with Crippen LogP contribution in [0.25, 0.3) is 11.0 Å². The Balaban J connectivity index is 1.31. The highest BCUT2D eigenvalue weighted by Gasteiger charge is 2.13. The Morgan fingerprint density at radius 1 is 0.886 bits per heavy atom. The third-order valence-electron chi connectivity index (χ3n) is 6.86. The predicted molar refractivity (Wildman–Crippen MR) is 173 cm³/mol. The largest absolute Gasteiger partial charge is 0.356 e. The number of unbranched alkanes of at least 4 members (excludes halogenated alkanes) is 2. The van der Waals surface area contributed by atoms with Crippen LogP contribution in [0.5, 0.6) is 0 Å². The molecule has 2 aromatic heterocycles. The molecular formula is C30H41N11O3. The minimum Gasteiger partial charge on any atom is -0.356 e. The number of hydrogen-bond donors (Lipinski definition) is 6. The third kappa shape index (κ3) is 9.87. The van der Waals surface area contributed by atoms with Crippen LogP contribution in [0.4, 0.5) is 29.0 Å². The zero-order valence-electron chi connectivity index (χ0n) is 25.4. The van der Waals surface area contributed by atoms with Crippen LogP contribution >= 0.6 is 0 Å². The van der Waals surface area contributed by atoms with Crippen LogP contribution in [-0.2, 0) is 4.79 Å². The van der Waals surface area contributed by atoms with Gasteiger partial charge in [-0.1, -0.05) is 26.7 Å². The number of H-pyrrole nitrogens is 3. The van der Waals surface area contributed by atoms with E-state index in [1.165, 1.54) is 32.6 Å². The van der Waals surface area contributed by atoms with Crippen molar-refractivity contribution in [3.63, 3.8) is 0 Å². The Bertz CT molecular complexity index is 1630. The van der Waals surface area contributed by atoms with E-state index in [9.17, 15) is 14.4 Å². The number of imidazole rings is 1. The van der Waals surface area contributed by atoms with Crippen molar-refractivity contribution in [2.75, 3.05) is 42.1 Å². The molecule has 4 rings (SSSR count). The molecule has 1 atom stereocenters. The third-order valence-corrected chi connectivity index (χ3v) is 6.86. The molecule has 6 N–H and O–H groups in total. The number of carbonyl (C=O) groups is 1. The Morgan fingerprint density at radius 2 is 1.57 bits per heavy atom. The first-order valence-corrected chi connectivity index (χ1v) is 15.0. The van der Waals surface area contributed by atoms with Gasteiger partial charge < -0.3 is 30.8 Å². The van der Waals surface area contributed by atoms with Crippen LogP contribution in [0.15, 0.2) is 62.3 Å². The van der Waals surface area contributed by atoms with Crippen molar-refractivity contribution in [3.8, 4) is 0 Å². The molecule has 4 aromatic rings. The van der Waals surface area contributed by atoms with E-state index in [0.29, 0.717) is 34.6 Å². The van der Waals surface area contributed by atoms with Crippen molar-refractivity contribution in [1.82, 2.24) is 29.8 Å². The minimum atomic E-state index is -0.913. The number of benzene rings is 2. The van der Waals surface area contributed by atoms with Crippen LogP contribution in [0.3, 0.4) is 0 Å². The summed E-state index contributed by atoms with van der Waals surface area (Å²) in [5, 5.41) is 17.7. The molecule has 0 bridgehead atoms. The average molecular weight is 604 g/mol. The monoisotopic (exact) mass is 603 g/mol. The lowest BCUT2D eigenvalue weighted by Crippen LogP contribution is -2.28. The molecule has 0 aliphatic rings. The molecule has 0 fully saturated rings. The second-order valence-electron chi connectivity index (χ2n) is 10.5. The molecule has 0 amide bonds. The van der Waals surface area contributed by atoms with Gasteiger partial charge in [-0.2, -0.15) is 20.2 Å². The fourth-order valence-corrected chi connectivity index (χ4v) is 4.49. The average Bonchev–Trinajstić information content (AvgIpc) is 3.38. The SMILES string of the molecule is CCCCN(CCCC)CCCNc1nc(Nc2ccc(N=NC(Nc3ccc4[nH]c(=O)[nH]c4c3)C(C)=O)cc2)[nH]c(=O)n1. The standard InChI is InChI=1S/C30H41N11O3/c1-4-6-16-41(17-7-5-2)18-8-15-31-27-36-28(38-30(44)37-27)33-21-9-11-22(12-10-21)39-40-26(20(3)42)32-23-13-14-24-25(19-23)35-29(43)34-24/h9-14,19,26,32H,4-8,15-18H2,1-3H3,(H2,34,35,43)(H3,31,33,36,37,38,44). The first kappa shape index (κ1) is 32.1. The van der Waals surface area contributed by atoms with Crippen molar-refractivity contribution in [3.05, 3.63) is 63.4 Å². The smallest absolute Gasteiger partial charge is 0.351 e. The fourth-order valence-electron chi connectivity index (χ4n) is 4.49. The summed E-state index contributed by atoms with van der Waals surface area (Å²) in [4.78, 5) is 54.7. The van der Waals surface area contributed by atoms with E-state index < -0.39 is 11.9 Å². The number of azo groups is 1. The number of fused-ring (bicyclic) bond motifs is 1. The van der Waals surface area contributed by atoms with Gasteiger partial charge in [0.15, 0.2) is 11.9 Å². The van der Waals surface area contributed by atoms with Gasteiger partial charge in [0.25, 0.3) is 0 Å². The Hall–Kier alpha value is -4.85. The molecule has 0 aliphatic heterocycles. The molecular weight excluding hydrogens is 562 g/mol. The van der Waals surface area contributed by atoms with E-state index in [1.54, 1.807) is 42.5 Å². The molecule has 44 heavy (non-hydrogen) atoms. The summed E-state index contributed by atoms with van der Waals surface area (Å²) < 4.78 is 0. The number of ketones is 1. The van der Waals surface area contributed by atoms with Gasteiger partial charge in [0, 0.05) is 17.9 Å². The van der Waals surface area contributed by atoms with Gasteiger partial charge in [0.2, 0.25) is 11.9 Å². The van der Waals surface area contributed by atoms with Crippen LogP contribution in [0.2, 0.25) is 0 Å². The number of nitrogens with zero attached hydrogens (tertiary/aromatic N) is 5. The summed E-state index contributed by atoms with van der Waals surface area (Å²) in [6, 6.07) is 12.2. The quantitative estimate of drug-likeness (QED) is 0.0679. The van der Waals surface area contributed by atoms with Crippen LogP contribution < -0.4 is 27.3 Å². The van der Waals surface area contributed by atoms with Gasteiger partial charge in [-0.05, 0) is 88.3 Å². The molecule has 2 heterocycles. The molecule has 0 saturated carbocycles. The highest BCUT2D eigenvalue weighted by molar-refractivity contribution is 5.85. The van der Waals surface area contributed by atoms with Crippen LogP contribution in [-0.4, -0.2) is 67.9 Å². The Morgan fingerprint density at radius 3 is 2.27 bits per heavy atom. The molecule has 0 aliphatic carbocycles. The second-order valence-corrected chi connectivity index (χ2v) is 10.5. The van der Waals surface area contributed by atoms with Crippen molar-refractivity contribution < 1.29 is 4.79 Å². The van der Waals surface area contributed by atoms with Gasteiger partial charge in [0.1, 0.15) is 0 Å². The highest BCUT2D eigenvalue weighted by atomic mass is 16.1. The molecule has 1 unspecified atom stereocenters. The maximum absolute atomic E-state index is 12.2. The summed E-state index contributed by atoms with van der Waals surface area (Å²) in [6.07, 6.45) is 4.76. The van der Waals surface area contributed by atoms with Crippen molar-refractivity contribution in [2.45, 2.75) is 59.0 Å². The molecule has 14 heteroatoms. The van der Waals surface area contributed by atoms with Crippen molar-refractivity contribution >= 4 is 45.8 Å². The van der Waals surface area contributed by atoms with Gasteiger partial charge in [-0.25, -0.2) is 9.59 Å². The molecule has 0 spiro atoms. The normalized spacial score (nSPS) is 12.2. The lowest BCUT2D eigenvalue weighted by Gasteiger charge is -2.21. The second kappa shape index (κ2) is 16.1. The van der Waals surface area contributed by atoms with Crippen molar-refractivity contribution in [2.24, 2.45) is 10.2 Å². The highest BCUT2D eigenvalue weighted by Crippen LogP contribution is 2.21. The van der Waals surface area contributed by atoms with E-state index in [4.69, 9.17) is 0 Å². The van der Waals surface area contributed by atoms with Gasteiger partial charge in [-0.3, -0.25) is 9.78 Å². The zero-order valence-corrected chi connectivity index (χ0v) is 25.4. The molecule has 2 aromatic carbocycles. The number of rotatable bonds is 18. The summed E-state index contributed by atoms with van der Waals surface area (Å²) >= 11 is 0. The number of aromatic amines is 3. The maximum Gasteiger partial charge on any atom is 0.351 e. The molecule has 14 nitrogen and oxygen atoms in total. The van der Waals surface area contributed by atoms with E-state index in [0.717, 1.165) is 26.1 Å². The van der Waals surface area contributed by atoms with E-state index in [-0.39, 0.29) is 23.4 Å². The topological polar surface area (TPSA) is 188 Å². The van der Waals surface area contributed by atoms with Gasteiger partial charge in [-0.15, -0.1) is 0 Å². The summed E-state index contributed by atoms with van der Waals surface area (Å²) in [5.41, 5.74) is 2.27. The maximum atomic E-state index is 12.2. The number of carbonyl (C=O) groups excluding carboxylic acids is 1. The van der Waals surface area contributed by atoms with E-state index in [2.05, 4.69) is 69.8 Å². The zero-order chi connectivity index (χ0) is 31.3. The van der Waals surface area contributed by atoms with E-state index >= 15 is 0 Å². The molecule has 234 valence electrons. The summed E-state index contributed by atoms with van der Waals surface area (Å²) in [6.45, 7) is 9.69. The van der Waals surface area contributed by atoms with Gasteiger partial charge in [0.05, 0.1) is 16.7 Å². The van der Waals surface area contributed by atoms with Gasteiger partial charge >= 0.3 is 11.4 Å². The predicted octanol–water partition coefficient (Wildman–Crippen LogP) is 4.89. The number of nitrogens with one attached hydrogen (secondary N) is 6. The lowest BCUT2D eigenvalue weighted by atomic mass is 10.2. The Kier molecular flexibility index (Phi) is 11.8. The van der Waals surface area contributed by atoms with Crippen LogP contribution in [0, 0.1) is 0 Å². The molecule has 0 saturated heterocycles. The van der Waals surface area contributed by atoms with Crippen molar-refractivity contribution in [1.29, 1.82) is 0 Å². The lowest BCUT2D eigenvalue weighted by molar-refractivity contribution is -0.117. The number of anilines is 4. The Labute approximate surface area is 255 Å². The molecule has 0 radical (unpaired) electrons. The number of hydrogen-bond acceptors (Lipinski definition) is 11. The number of Topliss-reactive ketones (excluding diaryl/α,β-unsaturated/α-hetero) is 1. The van der Waals surface area contributed by atoms with Crippen LogP contribution in [0.1, 0.15) is 52.9 Å². The first-order valence-electron chi connectivity index (χ1n) is 15.0. The summed E-state index contributed by atoms with van der Waals surface area (Å²) in [7, 11) is 0. The fraction of sp³-hybridized carbons (Fsp3) is 0.433.